The summed E-state index contributed by atoms with van der Waals surface area (Å²) in [5, 5.41) is 21.0. The zero-order chi connectivity index (χ0) is 28.1. The maximum Gasteiger partial charge on any atom is 0.326 e. The fraction of sp³-hybridized carbons (Fsp3) is 0.577. The van der Waals surface area contributed by atoms with E-state index in [-0.39, 0.29) is 43.2 Å². The van der Waals surface area contributed by atoms with E-state index < -0.39 is 35.9 Å². The first-order valence-corrected chi connectivity index (χ1v) is 13.1. The van der Waals surface area contributed by atoms with Crippen LogP contribution in [0.3, 0.4) is 0 Å². The van der Waals surface area contributed by atoms with Gasteiger partial charge < -0.3 is 37.8 Å². The van der Waals surface area contributed by atoms with Gasteiger partial charge in [0.05, 0.1) is 6.04 Å². The van der Waals surface area contributed by atoms with Gasteiger partial charge in [-0.1, -0.05) is 50.6 Å². The molecule has 38 heavy (non-hydrogen) atoms. The van der Waals surface area contributed by atoms with E-state index in [9.17, 15) is 24.3 Å². The maximum atomic E-state index is 13.4. The molecule has 0 bridgehead atoms. The molecule has 12 heteroatoms. The van der Waals surface area contributed by atoms with Crippen molar-refractivity contribution in [2.75, 3.05) is 13.1 Å². The van der Waals surface area contributed by atoms with Crippen LogP contribution in [0.2, 0.25) is 0 Å². The molecule has 0 saturated carbocycles. The predicted octanol–water partition coefficient (Wildman–Crippen LogP) is -0.380. The van der Waals surface area contributed by atoms with Crippen LogP contribution < -0.4 is 32.7 Å². The van der Waals surface area contributed by atoms with Gasteiger partial charge in [-0.25, -0.2) is 4.79 Å². The van der Waals surface area contributed by atoms with Crippen molar-refractivity contribution in [2.45, 2.75) is 76.5 Å². The monoisotopic (exact) mass is 531 g/mol. The Morgan fingerprint density at radius 2 is 1.76 bits per heavy atom. The van der Waals surface area contributed by atoms with E-state index in [4.69, 9.17) is 11.5 Å². The van der Waals surface area contributed by atoms with Crippen LogP contribution in [-0.4, -0.2) is 72.0 Å². The number of aliphatic carboxylic acids is 1. The maximum absolute atomic E-state index is 13.4. The molecule has 210 valence electrons. The van der Waals surface area contributed by atoms with E-state index in [1.807, 2.05) is 19.9 Å². The fourth-order valence-corrected chi connectivity index (χ4v) is 4.22. The molecule has 9 N–H and O–H groups in total. The van der Waals surface area contributed by atoms with Crippen LogP contribution in [0, 0.1) is 5.92 Å². The van der Waals surface area contributed by atoms with E-state index in [2.05, 4.69) is 26.3 Å². The van der Waals surface area contributed by atoms with Gasteiger partial charge in [-0.15, -0.1) is 0 Å². The Bertz CT molecular complexity index is 962. The number of rotatable bonds is 15. The van der Waals surface area contributed by atoms with Crippen molar-refractivity contribution in [1.29, 1.82) is 0 Å². The number of nitrogens with zero attached hydrogens (tertiary/aromatic N) is 1. The Morgan fingerprint density at radius 1 is 1.08 bits per heavy atom. The SMILES string of the molecule is CCC(C)C(NC(=O)C1CCCN1)C(=O)NC(CCCN=C(N)N)C(=O)NC(Cc1ccccc1)C(=O)O. The summed E-state index contributed by atoms with van der Waals surface area (Å²) in [5.74, 6) is -2.90. The number of carbonyl (C=O) groups excluding carboxylic acids is 3. The number of carboxylic acids is 1. The number of carboxylic acid groups (broad SMARTS) is 1. The Hall–Kier alpha value is -3.67. The number of nitrogens with two attached hydrogens (primary N) is 2. The highest BCUT2D eigenvalue weighted by Crippen LogP contribution is 2.12. The highest BCUT2D eigenvalue weighted by Gasteiger charge is 2.33. The molecule has 5 atom stereocenters. The van der Waals surface area contributed by atoms with Crippen molar-refractivity contribution in [2.24, 2.45) is 22.4 Å². The van der Waals surface area contributed by atoms with Gasteiger partial charge in [0.1, 0.15) is 18.1 Å². The minimum Gasteiger partial charge on any atom is -0.480 e. The number of guanidine groups is 1. The second-order valence-electron chi connectivity index (χ2n) is 9.62. The third-order valence-corrected chi connectivity index (χ3v) is 6.65. The predicted molar refractivity (Wildman–Crippen MR) is 144 cm³/mol. The molecule has 1 aliphatic heterocycles. The molecule has 1 saturated heterocycles. The van der Waals surface area contributed by atoms with Gasteiger partial charge in [0.2, 0.25) is 17.7 Å². The molecule has 1 aromatic carbocycles. The minimum absolute atomic E-state index is 0.0799. The van der Waals surface area contributed by atoms with Crippen molar-refractivity contribution in [1.82, 2.24) is 21.3 Å². The van der Waals surface area contributed by atoms with E-state index in [0.29, 0.717) is 19.3 Å². The normalized spacial score (nSPS) is 17.9. The summed E-state index contributed by atoms with van der Waals surface area (Å²) in [6, 6.07) is 5.47. The summed E-state index contributed by atoms with van der Waals surface area (Å²) < 4.78 is 0. The molecular formula is C26H41N7O5. The number of hydrogen-bond donors (Lipinski definition) is 7. The first-order valence-electron chi connectivity index (χ1n) is 13.1. The Labute approximate surface area is 223 Å². The largest absolute Gasteiger partial charge is 0.480 e. The smallest absolute Gasteiger partial charge is 0.326 e. The molecule has 0 radical (unpaired) electrons. The van der Waals surface area contributed by atoms with Crippen LogP contribution in [-0.2, 0) is 25.6 Å². The lowest BCUT2D eigenvalue weighted by Gasteiger charge is -2.28. The summed E-state index contributed by atoms with van der Waals surface area (Å²) >= 11 is 0. The lowest BCUT2D eigenvalue weighted by molar-refractivity contribution is -0.142. The Morgan fingerprint density at radius 3 is 2.34 bits per heavy atom. The lowest BCUT2D eigenvalue weighted by Crippen LogP contribution is -2.58. The van der Waals surface area contributed by atoms with Crippen molar-refractivity contribution >= 4 is 29.7 Å². The first-order chi connectivity index (χ1) is 18.1. The molecule has 5 unspecified atom stereocenters. The second-order valence-corrected chi connectivity index (χ2v) is 9.62. The third-order valence-electron chi connectivity index (χ3n) is 6.65. The van der Waals surface area contributed by atoms with Gasteiger partial charge in [0.15, 0.2) is 5.96 Å². The lowest BCUT2D eigenvalue weighted by atomic mass is 9.97. The van der Waals surface area contributed by atoms with Crippen molar-refractivity contribution in [3.63, 3.8) is 0 Å². The average molecular weight is 532 g/mol. The van der Waals surface area contributed by atoms with Crippen LogP contribution >= 0.6 is 0 Å². The second kappa shape index (κ2) is 15.6. The molecule has 3 amide bonds. The van der Waals surface area contributed by atoms with Crippen LogP contribution in [0.4, 0.5) is 0 Å². The summed E-state index contributed by atoms with van der Waals surface area (Å²) in [4.78, 5) is 55.1. The molecule has 0 aromatic heterocycles. The average Bonchev–Trinajstić information content (AvgIpc) is 3.43. The Kier molecular flexibility index (Phi) is 12.5. The van der Waals surface area contributed by atoms with Crippen molar-refractivity contribution in [3.8, 4) is 0 Å². The summed E-state index contributed by atoms with van der Waals surface area (Å²) in [7, 11) is 0. The number of carbonyl (C=O) groups is 4. The number of hydrogen-bond acceptors (Lipinski definition) is 6. The highest BCUT2D eigenvalue weighted by molar-refractivity contribution is 5.94. The third kappa shape index (κ3) is 10.0. The van der Waals surface area contributed by atoms with E-state index >= 15 is 0 Å². The van der Waals surface area contributed by atoms with Crippen LogP contribution in [0.25, 0.3) is 0 Å². The molecule has 2 rings (SSSR count). The fourth-order valence-electron chi connectivity index (χ4n) is 4.22. The molecule has 1 aromatic rings. The minimum atomic E-state index is -1.19. The molecular weight excluding hydrogens is 490 g/mol. The van der Waals surface area contributed by atoms with Gasteiger partial charge in [0.25, 0.3) is 0 Å². The van der Waals surface area contributed by atoms with Crippen LogP contribution in [0.15, 0.2) is 35.3 Å². The van der Waals surface area contributed by atoms with E-state index in [1.165, 1.54) is 0 Å². The molecule has 1 aliphatic rings. The van der Waals surface area contributed by atoms with Gasteiger partial charge in [-0.3, -0.25) is 19.4 Å². The zero-order valence-corrected chi connectivity index (χ0v) is 22.1. The Balaban J connectivity index is 2.16. The van der Waals surface area contributed by atoms with Crippen LogP contribution in [0.1, 0.15) is 51.5 Å². The van der Waals surface area contributed by atoms with Crippen molar-refractivity contribution in [3.05, 3.63) is 35.9 Å². The highest BCUT2D eigenvalue weighted by atomic mass is 16.4. The first kappa shape index (κ1) is 30.6. The molecule has 0 spiro atoms. The van der Waals surface area contributed by atoms with Gasteiger partial charge in [-0.05, 0) is 43.7 Å². The summed E-state index contributed by atoms with van der Waals surface area (Å²) in [5.41, 5.74) is 11.5. The molecule has 0 aliphatic carbocycles. The topological polar surface area (TPSA) is 201 Å². The van der Waals surface area contributed by atoms with E-state index in [1.54, 1.807) is 24.3 Å². The molecule has 1 heterocycles. The quantitative estimate of drug-likeness (QED) is 0.0901. The number of nitrogens with one attached hydrogen (secondary N) is 4. The van der Waals surface area contributed by atoms with Gasteiger partial charge in [0, 0.05) is 13.0 Å². The number of amides is 3. The van der Waals surface area contributed by atoms with Crippen molar-refractivity contribution < 1.29 is 24.3 Å². The molecule has 12 nitrogen and oxygen atoms in total. The van der Waals surface area contributed by atoms with Crippen LogP contribution in [0.5, 0.6) is 0 Å². The summed E-state index contributed by atoms with van der Waals surface area (Å²) in [6.45, 7) is 4.73. The number of benzene rings is 1. The summed E-state index contributed by atoms with van der Waals surface area (Å²) in [6.07, 6.45) is 2.79. The van der Waals surface area contributed by atoms with E-state index in [0.717, 1.165) is 18.5 Å². The standard InChI is InChI=1S/C26H41N7O5/c1-3-16(2)21(33-22(34)18-11-7-13-29-18)24(36)31-19(12-8-14-30-26(27)28)23(35)32-20(25(37)38)15-17-9-5-4-6-10-17/h4-6,9-10,16,18-21,29H,3,7-8,11-15H2,1-2H3,(H,31,36)(H,32,35)(H,33,34)(H,37,38)(H4,27,28,30). The molecule has 1 fully saturated rings. The van der Waals surface area contributed by atoms with Gasteiger partial charge >= 0.3 is 5.97 Å². The zero-order valence-electron chi connectivity index (χ0n) is 22.1. The number of aliphatic imine (C=N–C) groups is 1. The van der Waals surface area contributed by atoms with Gasteiger partial charge in [-0.2, -0.15) is 0 Å².